The quantitative estimate of drug-likeness (QED) is 0.351. The Labute approximate surface area is 68.8 Å². The summed E-state index contributed by atoms with van der Waals surface area (Å²) in [5.74, 6) is 1.73. The van der Waals surface area contributed by atoms with Gasteiger partial charge in [0, 0.05) is 12.0 Å². The van der Waals surface area contributed by atoms with Crippen LogP contribution in [0.2, 0.25) is 0 Å². The first-order chi connectivity index (χ1) is 5.63. The molecule has 0 rings (SSSR count). The van der Waals surface area contributed by atoms with E-state index in [1.165, 1.54) is 18.2 Å². The molecule has 0 saturated carbocycles. The van der Waals surface area contributed by atoms with Gasteiger partial charge in [0.15, 0.2) is 0 Å². The molecule has 2 N–H and O–H groups in total. The summed E-state index contributed by atoms with van der Waals surface area (Å²) in [6.45, 7) is 0. The fourth-order valence-electron chi connectivity index (χ4n) is 0.345. The summed E-state index contributed by atoms with van der Waals surface area (Å²) in [5, 5.41) is 16.1. The summed E-state index contributed by atoms with van der Waals surface area (Å²) >= 11 is 0. The van der Waals surface area contributed by atoms with E-state index in [0.717, 1.165) is 6.08 Å². The summed E-state index contributed by atoms with van der Waals surface area (Å²) in [6, 6.07) is 0. The van der Waals surface area contributed by atoms with Crippen molar-refractivity contribution >= 4 is 11.9 Å². The van der Waals surface area contributed by atoms with Crippen molar-refractivity contribution in [2.24, 2.45) is 0 Å². The lowest BCUT2D eigenvalue weighted by Gasteiger charge is -1.72. The Bertz CT molecular complexity index is 288. The summed E-state index contributed by atoms with van der Waals surface area (Å²) in [7, 11) is 0. The second-order valence-electron chi connectivity index (χ2n) is 1.63. The minimum absolute atomic E-state index is 0.916. The highest BCUT2D eigenvalue weighted by molar-refractivity contribution is 5.86. The first-order valence-electron chi connectivity index (χ1n) is 2.93. The maximum absolute atomic E-state index is 9.89. The smallest absolute Gasteiger partial charge is 0.382 e. The molecule has 0 aromatic rings. The van der Waals surface area contributed by atoms with Crippen LogP contribution in [0.4, 0.5) is 0 Å². The van der Waals surface area contributed by atoms with Gasteiger partial charge in [-0.2, -0.15) is 0 Å². The van der Waals surface area contributed by atoms with E-state index in [1.807, 2.05) is 5.92 Å². The molecule has 0 fully saturated rings. The molecule has 12 heavy (non-hydrogen) atoms. The first kappa shape index (κ1) is 9.98. The number of hydrogen-bond acceptors (Lipinski definition) is 2. The number of hydrogen-bond donors (Lipinski definition) is 2. The van der Waals surface area contributed by atoms with Crippen molar-refractivity contribution in [3.05, 3.63) is 24.3 Å². The van der Waals surface area contributed by atoms with E-state index in [9.17, 15) is 9.59 Å². The van der Waals surface area contributed by atoms with Gasteiger partial charge in [-0.3, -0.25) is 0 Å². The van der Waals surface area contributed by atoms with Gasteiger partial charge in [0.25, 0.3) is 0 Å². The monoisotopic (exact) mass is 166 g/mol. The van der Waals surface area contributed by atoms with Crippen LogP contribution in [-0.4, -0.2) is 22.2 Å². The van der Waals surface area contributed by atoms with E-state index in [0.29, 0.717) is 0 Å². The molecule has 62 valence electrons. The molecule has 0 heterocycles. The Morgan fingerprint density at radius 1 is 1.17 bits per heavy atom. The van der Waals surface area contributed by atoms with Crippen LogP contribution < -0.4 is 0 Å². The third-order valence-electron chi connectivity index (χ3n) is 0.709. The van der Waals surface area contributed by atoms with Crippen LogP contribution in [0.5, 0.6) is 0 Å². The van der Waals surface area contributed by atoms with Gasteiger partial charge >= 0.3 is 11.9 Å². The molecular weight excluding hydrogens is 160 g/mol. The van der Waals surface area contributed by atoms with Crippen molar-refractivity contribution in [2.75, 3.05) is 0 Å². The lowest BCUT2D eigenvalue weighted by atomic mass is 10.4. The van der Waals surface area contributed by atoms with Gasteiger partial charge in [0.05, 0.1) is 0 Å². The highest BCUT2D eigenvalue weighted by Crippen LogP contribution is 1.75. The van der Waals surface area contributed by atoms with Gasteiger partial charge in [-0.05, 0) is 6.08 Å². The molecule has 0 atom stereocenters. The average molecular weight is 166 g/mol. The van der Waals surface area contributed by atoms with Gasteiger partial charge in [-0.25, -0.2) is 9.59 Å². The third kappa shape index (κ3) is 7.98. The Balaban J connectivity index is 3.88. The molecule has 0 aliphatic heterocycles. The minimum Gasteiger partial charge on any atom is -0.478 e. The number of carboxylic acids is 2. The number of carbonyl (C=O) groups is 2. The number of allylic oxidation sites excluding steroid dienone is 3. The van der Waals surface area contributed by atoms with Crippen LogP contribution in [0.1, 0.15) is 0 Å². The van der Waals surface area contributed by atoms with Gasteiger partial charge in [-0.1, -0.05) is 18.1 Å². The van der Waals surface area contributed by atoms with Crippen molar-refractivity contribution in [3.63, 3.8) is 0 Å². The fourth-order valence-corrected chi connectivity index (χ4v) is 0.345. The van der Waals surface area contributed by atoms with Gasteiger partial charge in [0.1, 0.15) is 0 Å². The molecule has 0 unspecified atom stereocenters. The molecule has 0 amide bonds. The molecule has 0 aromatic heterocycles. The second-order valence-corrected chi connectivity index (χ2v) is 1.63. The zero-order valence-corrected chi connectivity index (χ0v) is 6.02. The summed E-state index contributed by atoms with van der Waals surface area (Å²) in [4.78, 5) is 19.7. The van der Waals surface area contributed by atoms with Crippen molar-refractivity contribution < 1.29 is 19.8 Å². The molecule has 0 radical (unpaired) electrons. The molecule has 4 nitrogen and oxygen atoms in total. The van der Waals surface area contributed by atoms with Crippen LogP contribution >= 0.6 is 0 Å². The highest BCUT2D eigenvalue weighted by Gasteiger charge is 1.80. The molecule has 0 aromatic carbocycles. The van der Waals surface area contributed by atoms with E-state index in [4.69, 9.17) is 10.2 Å². The maximum Gasteiger partial charge on any atom is 0.382 e. The zero-order chi connectivity index (χ0) is 9.40. The Morgan fingerprint density at radius 2 is 1.83 bits per heavy atom. The van der Waals surface area contributed by atoms with E-state index in [-0.39, 0.29) is 0 Å². The standard InChI is InChI=1S/C8H6O4/c9-7(10)5-3-1-2-4-6-8(11)12/h1-3,5H,(H,9,10)(H,11,12)/b2-1+,5-3+. The SMILES string of the molecule is O=C(O)C#C/C=C/C=C/C(=O)O. The zero-order valence-electron chi connectivity index (χ0n) is 6.02. The second kappa shape index (κ2) is 5.74. The Kier molecular flexibility index (Phi) is 4.77. The minimum atomic E-state index is -1.22. The van der Waals surface area contributed by atoms with Crippen molar-refractivity contribution in [2.45, 2.75) is 0 Å². The Hall–Kier alpha value is -2.02. The van der Waals surface area contributed by atoms with E-state index in [2.05, 4.69) is 5.92 Å². The van der Waals surface area contributed by atoms with E-state index < -0.39 is 11.9 Å². The van der Waals surface area contributed by atoms with Crippen LogP contribution in [0.15, 0.2) is 24.3 Å². The predicted octanol–water partition coefficient (Wildman–Crippen LogP) is 0.271. The van der Waals surface area contributed by atoms with Crippen molar-refractivity contribution in [1.82, 2.24) is 0 Å². The number of aliphatic carboxylic acids is 2. The summed E-state index contributed by atoms with van der Waals surface area (Å²) in [6.07, 6.45) is 4.75. The van der Waals surface area contributed by atoms with E-state index in [1.54, 1.807) is 0 Å². The largest absolute Gasteiger partial charge is 0.478 e. The average Bonchev–Trinajstić information content (AvgIpc) is 1.95. The van der Waals surface area contributed by atoms with Crippen LogP contribution in [0, 0.1) is 11.8 Å². The predicted molar refractivity (Wildman–Crippen MR) is 41.3 cm³/mol. The number of rotatable bonds is 2. The summed E-state index contributed by atoms with van der Waals surface area (Å²) < 4.78 is 0. The number of carboxylic acid groups (broad SMARTS) is 2. The van der Waals surface area contributed by atoms with Crippen molar-refractivity contribution in [1.29, 1.82) is 0 Å². The van der Waals surface area contributed by atoms with Gasteiger partial charge in [-0.15, -0.1) is 0 Å². The Morgan fingerprint density at radius 3 is 2.33 bits per heavy atom. The van der Waals surface area contributed by atoms with Crippen LogP contribution in [0.25, 0.3) is 0 Å². The lowest BCUT2D eigenvalue weighted by molar-refractivity contribution is -0.132. The maximum atomic E-state index is 9.89. The normalized spacial score (nSPS) is 9.67. The van der Waals surface area contributed by atoms with Gasteiger partial charge in [0.2, 0.25) is 0 Å². The molecule has 0 saturated heterocycles. The molecule has 0 aliphatic carbocycles. The van der Waals surface area contributed by atoms with Crippen LogP contribution in [-0.2, 0) is 9.59 Å². The first-order valence-corrected chi connectivity index (χ1v) is 2.93. The topological polar surface area (TPSA) is 74.6 Å². The molecule has 4 heteroatoms. The molecule has 0 bridgehead atoms. The highest BCUT2D eigenvalue weighted by atomic mass is 16.4. The fraction of sp³-hybridized carbons (Fsp3) is 0. The molecule has 0 spiro atoms. The summed E-state index contributed by atoms with van der Waals surface area (Å²) in [5.41, 5.74) is 0. The molecular formula is C8H6O4. The van der Waals surface area contributed by atoms with Crippen LogP contribution in [0.3, 0.4) is 0 Å². The van der Waals surface area contributed by atoms with Gasteiger partial charge < -0.3 is 10.2 Å². The lowest BCUT2D eigenvalue weighted by Crippen LogP contribution is -1.85. The van der Waals surface area contributed by atoms with E-state index >= 15 is 0 Å². The third-order valence-corrected chi connectivity index (χ3v) is 0.709. The van der Waals surface area contributed by atoms with Crippen molar-refractivity contribution in [3.8, 4) is 11.8 Å². The molecule has 0 aliphatic rings.